The van der Waals surface area contributed by atoms with Gasteiger partial charge >= 0.3 is 0 Å². The molecule has 2 aromatic heterocycles. The van der Waals surface area contributed by atoms with Crippen molar-refractivity contribution in [3.63, 3.8) is 0 Å². The van der Waals surface area contributed by atoms with Gasteiger partial charge in [0.25, 0.3) is 5.56 Å². The third kappa shape index (κ3) is 2.74. The number of fused-ring (bicyclic) bond motifs is 1. The number of pyridine rings is 1. The molecule has 0 bridgehead atoms. The Labute approximate surface area is 155 Å². The van der Waals surface area contributed by atoms with E-state index < -0.39 is 17.2 Å². The molecule has 0 saturated carbocycles. The molecule has 27 heavy (non-hydrogen) atoms. The first-order chi connectivity index (χ1) is 12.8. The number of hydrogen-bond donors (Lipinski definition) is 1. The molecule has 0 spiro atoms. The van der Waals surface area contributed by atoms with Crippen LogP contribution < -0.4 is 5.56 Å². The fourth-order valence-corrected chi connectivity index (χ4v) is 3.19. The molecule has 0 radical (unpaired) electrons. The Balaban J connectivity index is 2.31. The van der Waals surface area contributed by atoms with E-state index in [1.165, 1.54) is 13.0 Å². The van der Waals surface area contributed by atoms with Crippen molar-refractivity contribution < 1.29 is 14.3 Å². The third-order valence-electron chi connectivity index (χ3n) is 4.64. The van der Waals surface area contributed by atoms with E-state index in [2.05, 4.69) is 6.58 Å². The molecule has 3 aromatic rings. The lowest BCUT2D eigenvalue weighted by Crippen LogP contribution is -2.26. The molecule has 6 heteroatoms. The maximum Gasteiger partial charge on any atom is 0.271 e. The normalized spacial score (nSPS) is 10.7. The predicted octanol–water partition coefficient (Wildman–Crippen LogP) is 3.51. The van der Waals surface area contributed by atoms with Gasteiger partial charge in [0, 0.05) is 17.5 Å². The summed E-state index contributed by atoms with van der Waals surface area (Å²) in [6, 6.07) is 7.39. The maximum atomic E-state index is 13.2. The lowest BCUT2D eigenvalue weighted by Gasteiger charge is -2.13. The van der Waals surface area contributed by atoms with Crippen LogP contribution in [-0.4, -0.2) is 15.5 Å². The lowest BCUT2D eigenvalue weighted by molar-refractivity contribution is 0.101. The zero-order chi connectivity index (χ0) is 19.9. The number of benzene rings is 1. The highest BCUT2D eigenvalue weighted by Gasteiger charge is 2.28. The van der Waals surface area contributed by atoms with Crippen molar-refractivity contribution in [2.24, 2.45) is 0 Å². The number of rotatable bonds is 4. The molecule has 1 N–H and O–H groups in total. The molecule has 1 aromatic carbocycles. The molecule has 0 atom stereocenters. The topological polar surface area (TPSA) is 96.2 Å². The minimum Gasteiger partial charge on any atom is -0.494 e. The Hall–Kier alpha value is -3.59. The van der Waals surface area contributed by atoms with Crippen molar-refractivity contribution >= 4 is 16.8 Å². The van der Waals surface area contributed by atoms with Crippen LogP contribution in [0.5, 0.6) is 5.88 Å². The molecule has 0 fully saturated rings. The minimum atomic E-state index is -0.666. The second-order valence-corrected chi connectivity index (χ2v) is 6.40. The van der Waals surface area contributed by atoms with Crippen LogP contribution in [0.1, 0.15) is 38.4 Å². The average Bonchev–Trinajstić information content (AvgIpc) is 2.95. The number of hydrogen-bond acceptors (Lipinski definition) is 5. The lowest BCUT2D eigenvalue weighted by atomic mass is 9.98. The van der Waals surface area contributed by atoms with Crippen LogP contribution in [-0.2, 0) is 6.54 Å². The summed E-state index contributed by atoms with van der Waals surface area (Å²) in [6.45, 7) is 8.68. The molecule has 0 aliphatic heterocycles. The number of nitrogens with zero attached hydrogens (tertiary/aromatic N) is 2. The molecule has 0 saturated heterocycles. The Morgan fingerprint density at radius 3 is 2.67 bits per heavy atom. The van der Waals surface area contributed by atoms with Crippen molar-refractivity contribution in [3.05, 3.63) is 74.8 Å². The Bertz CT molecular complexity index is 1210. The summed E-state index contributed by atoms with van der Waals surface area (Å²) in [6.07, 6.45) is 1.40. The Morgan fingerprint density at radius 2 is 2.04 bits per heavy atom. The zero-order valence-corrected chi connectivity index (χ0v) is 15.3. The predicted molar refractivity (Wildman–Crippen MR) is 101 cm³/mol. The van der Waals surface area contributed by atoms with Crippen LogP contribution in [0.4, 0.5) is 0 Å². The fraction of sp³-hybridized carbons (Fsp3) is 0.190. The number of carbonyl (C=O) groups excluding carboxylic acids is 1. The van der Waals surface area contributed by atoms with Crippen LogP contribution in [0.15, 0.2) is 40.1 Å². The van der Waals surface area contributed by atoms with Gasteiger partial charge in [-0.15, -0.1) is 6.58 Å². The number of allylic oxidation sites excluding steroid dienone is 1. The van der Waals surface area contributed by atoms with E-state index >= 15 is 0 Å². The highest BCUT2D eigenvalue weighted by molar-refractivity contribution is 6.12. The summed E-state index contributed by atoms with van der Waals surface area (Å²) >= 11 is 0. The molecule has 0 amide bonds. The number of aromatic nitrogens is 1. The van der Waals surface area contributed by atoms with Gasteiger partial charge in [-0.1, -0.05) is 17.7 Å². The second kappa shape index (κ2) is 6.61. The summed E-state index contributed by atoms with van der Waals surface area (Å²) in [4.78, 5) is 25.6. The number of furan rings is 1. The number of carbonyl (C=O) groups is 1. The Kier molecular flexibility index (Phi) is 4.46. The smallest absolute Gasteiger partial charge is 0.271 e. The number of nitriles is 1. The van der Waals surface area contributed by atoms with Gasteiger partial charge in [0.2, 0.25) is 11.7 Å². The molecule has 0 aliphatic rings. The van der Waals surface area contributed by atoms with Gasteiger partial charge in [-0.3, -0.25) is 14.2 Å². The van der Waals surface area contributed by atoms with Crippen molar-refractivity contribution in [2.75, 3.05) is 0 Å². The molecule has 2 heterocycles. The molecule has 3 rings (SSSR count). The third-order valence-corrected chi connectivity index (χ3v) is 4.64. The number of aromatic hydroxyl groups is 1. The number of ketones is 1. The second-order valence-electron chi connectivity index (χ2n) is 6.40. The average molecular weight is 362 g/mol. The van der Waals surface area contributed by atoms with Crippen molar-refractivity contribution in [2.45, 2.75) is 27.3 Å². The van der Waals surface area contributed by atoms with E-state index in [1.54, 1.807) is 13.0 Å². The monoisotopic (exact) mass is 362 g/mol. The van der Waals surface area contributed by atoms with Crippen molar-refractivity contribution in [1.29, 1.82) is 5.26 Å². The largest absolute Gasteiger partial charge is 0.494 e. The van der Waals surface area contributed by atoms with E-state index in [9.17, 15) is 20.0 Å². The molecule has 0 unspecified atom stereocenters. The molecule has 136 valence electrons. The summed E-state index contributed by atoms with van der Waals surface area (Å²) in [5.41, 5.74) is 1.36. The molecular weight excluding hydrogens is 344 g/mol. The fourth-order valence-electron chi connectivity index (χ4n) is 3.19. The van der Waals surface area contributed by atoms with E-state index in [0.717, 1.165) is 15.5 Å². The van der Waals surface area contributed by atoms with Crippen molar-refractivity contribution in [3.8, 4) is 11.9 Å². The molecular formula is C21H18N2O4. The first-order valence-electron chi connectivity index (χ1n) is 8.33. The van der Waals surface area contributed by atoms with Gasteiger partial charge in [-0.05, 0) is 38.5 Å². The first kappa shape index (κ1) is 18.2. The van der Waals surface area contributed by atoms with Crippen LogP contribution in [0.3, 0.4) is 0 Å². The summed E-state index contributed by atoms with van der Waals surface area (Å²) < 4.78 is 6.68. The highest BCUT2D eigenvalue weighted by atomic mass is 16.3. The first-order valence-corrected chi connectivity index (χ1v) is 8.33. The summed E-state index contributed by atoms with van der Waals surface area (Å²) in [7, 11) is 0. The van der Waals surface area contributed by atoms with E-state index in [-0.39, 0.29) is 29.0 Å². The van der Waals surface area contributed by atoms with Crippen LogP contribution in [0.2, 0.25) is 0 Å². The Morgan fingerprint density at radius 1 is 1.33 bits per heavy atom. The van der Waals surface area contributed by atoms with Gasteiger partial charge in [-0.2, -0.15) is 5.26 Å². The van der Waals surface area contributed by atoms with Gasteiger partial charge in [0.15, 0.2) is 5.76 Å². The molecule has 0 aliphatic carbocycles. The standard InChI is InChI=1S/C21H18N2O4/c1-5-8-23-20(25)15(10-22)12(3)17(21(23)26)18(24)19-13(4)14-9-11(2)6-7-16(14)27-19/h5-7,9,26H,1,8H2,2-4H3. The zero-order valence-electron chi connectivity index (χ0n) is 15.3. The summed E-state index contributed by atoms with van der Waals surface area (Å²) in [5.74, 6) is -1.01. The maximum absolute atomic E-state index is 13.2. The quantitative estimate of drug-likeness (QED) is 0.566. The van der Waals surface area contributed by atoms with Crippen LogP contribution >= 0.6 is 0 Å². The van der Waals surface area contributed by atoms with E-state index in [0.29, 0.717) is 11.1 Å². The number of aryl methyl sites for hydroxylation is 2. The van der Waals surface area contributed by atoms with Crippen LogP contribution in [0.25, 0.3) is 11.0 Å². The highest BCUT2D eigenvalue weighted by Crippen LogP contribution is 2.31. The van der Waals surface area contributed by atoms with E-state index in [4.69, 9.17) is 4.42 Å². The van der Waals surface area contributed by atoms with Gasteiger partial charge in [0.1, 0.15) is 17.2 Å². The van der Waals surface area contributed by atoms with Gasteiger partial charge in [0.05, 0.1) is 5.56 Å². The molecule has 6 nitrogen and oxygen atoms in total. The summed E-state index contributed by atoms with van der Waals surface area (Å²) in [5, 5.41) is 20.7. The SMILES string of the molecule is C=CCn1c(O)c(C(=O)c2oc3ccc(C)cc3c2C)c(C)c(C#N)c1=O. The van der Waals surface area contributed by atoms with Crippen LogP contribution in [0, 0.1) is 32.1 Å². The minimum absolute atomic E-state index is 0.0295. The van der Waals surface area contributed by atoms with Gasteiger partial charge < -0.3 is 9.52 Å². The van der Waals surface area contributed by atoms with Gasteiger partial charge in [-0.25, -0.2) is 0 Å². The van der Waals surface area contributed by atoms with E-state index in [1.807, 2.05) is 25.1 Å². The van der Waals surface area contributed by atoms with Crippen molar-refractivity contribution in [1.82, 2.24) is 4.57 Å².